The summed E-state index contributed by atoms with van der Waals surface area (Å²) >= 11 is 0. The molecule has 0 saturated heterocycles. The highest BCUT2D eigenvalue weighted by Crippen LogP contribution is 2.09. The molecule has 1 aromatic rings. The van der Waals surface area contributed by atoms with Gasteiger partial charge in [-0.15, -0.1) is 0 Å². The molecule has 0 atom stereocenters. The Hall–Kier alpha value is -2.41. The standard InChI is InChI=1S/C14H18N2O5/c1-10-5-3-4-6-11(10)7-16(2)14(20)15-12(17)8-21-9-13(18)19/h3-6H,7-9H2,1-2H3,(H,18,19)(H,15,17,20). The molecule has 0 heterocycles. The molecule has 2 N–H and O–H groups in total. The number of urea groups is 1. The molecular weight excluding hydrogens is 276 g/mol. The third-order valence-electron chi connectivity index (χ3n) is 2.72. The van der Waals surface area contributed by atoms with Crippen LogP contribution in [-0.4, -0.2) is 48.2 Å². The number of rotatable bonds is 6. The van der Waals surface area contributed by atoms with Gasteiger partial charge in [-0.05, 0) is 18.1 Å². The molecule has 0 aromatic heterocycles. The number of amides is 3. The van der Waals surface area contributed by atoms with E-state index in [2.05, 4.69) is 10.1 Å². The van der Waals surface area contributed by atoms with Crippen molar-refractivity contribution in [2.45, 2.75) is 13.5 Å². The van der Waals surface area contributed by atoms with E-state index in [1.165, 1.54) is 4.90 Å². The number of benzene rings is 1. The lowest BCUT2D eigenvalue weighted by Crippen LogP contribution is -2.42. The maximum absolute atomic E-state index is 11.8. The normalized spacial score (nSPS) is 10.0. The minimum atomic E-state index is -1.18. The Morgan fingerprint density at radius 1 is 1.24 bits per heavy atom. The van der Waals surface area contributed by atoms with Gasteiger partial charge in [-0.25, -0.2) is 9.59 Å². The van der Waals surface area contributed by atoms with Gasteiger partial charge in [-0.3, -0.25) is 10.1 Å². The summed E-state index contributed by atoms with van der Waals surface area (Å²) in [5.41, 5.74) is 2.03. The maximum atomic E-state index is 11.8. The molecule has 0 saturated carbocycles. The Balaban J connectivity index is 2.42. The minimum absolute atomic E-state index is 0.363. The van der Waals surface area contributed by atoms with Gasteiger partial charge in [0.1, 0.15) is 13.2 Å². The molecule has 21 heavy (non-hydrogen) atoms. The summed E-state index contributed by atoms with van der Waals surface area (Å²) in [7, 11) is 1.56. The molecule has 3 amide bonds. The van der Waals surface area contributed by atoms with Gasteiger partial charge in [0.25, 0.3) is 5.91 Å². The van der Waals surface area contributed by atoms with E-state index < -0.39 is 31.1 Å². The number of carbonyl (C=O) groups excluding carboxylic acids is 2. The second-order valence-corrected chi connectivity index (χ2v) is 4.52. The van der Waals surface area contributed by atoms with Gasteiger partial charge in [0.2, 0.25) is 0 Å². The third kappa shape index (κ3) is 6.05. The fraction of sp³-hybridized carbons (Fsp3) is 0.357. The molecule has 7 nitrogen and oxygen atoms in total. The van der Waals surface area contributed by atoms with E-state index in [1.807, 2.05) is 31.2 Å². The number of aryl methyl sites for hydroxylation is 1. The predicted octanol–water partition coefficient (Wildman–Crippen LogP) is 0.764. The highest BCUT2D eigenvalue weighted by atomic mass is 16.5. The molecule has 0 spiro atoms. The molecular formula is C14H18N2O5. The van der Waals surface area contributed by atoms with Crippen LogP contribution in [0.15, 0.2) is 24.3 Å². The van der Waals surface area contributed by atoms with E-state index in [4.69, 9.17) is 5.11 Å². The zero-order valence-electron chi connectivity index (χ0n) is 12.0. The van der Waals surface area contributed by atoms with Gasteiger partial charge in [0.15, 0.2) is 0 Å². The summed E-state index contributed by atoms with van der Waals surface area (Å²) < 4.78 is 4.59. The van der Waals surface area contributed by atoms with Crippen LogP contribution in [0, 0.1) is 6.92 Å². The smallest absolute Gasteiger partial charge is 0.329 e. The van der Waals surface area contributed by atoms with Crippen molar-refractivity contribution >= 4 is 17.9 Å². The Bertz CT molecular complexity index is 530. The highest BCUT2D eigenvalue weighted by Gasteiger charge is 2.14. The van der Waals surface area contributed by atoms with Crippen LogP contribution in [0.2, 0.25) is 0 Å². The van der Waals surface area contributed by atoms with Crippen molar-refractivity contribution in [1.29, 1.82) is 0 Å². The van der Waals surface area contributed by atoms with Crippen LogP contribution in [0.3, 0.4) is 0 Å². The molecule has 0 aliphatic rings. The summed E-state index contributed by atoms with van der Waals surface area (Å²) in [6.45, 7) is 1.24. The lowest BCUT2D eigenvalue weighted by atomic mass is 10.1. The molecule has 0 fully saturated rings. The summed E-state index contributed by atoms with van der Waals surface area (Å²) in [5, 5.41) is 10.5. The van der Waals surface area contributed by atoms with E-state index in [9.17, 15) is 14.4 Å². The van der Waals surface area contributed by atoms with Crippen molar-refractivity contribution in [3.63, 3.8) is 0 Å². The zero-order chi connectivity index (χ0) is 15.8. The SMILES string of the molecule is Cc1ccccc1CN(C)C(=O)NC(=O)COCC(=O)O. The lowest BCUT2D eigenvalue weighted by Gasteiger charge is -2.18. The van der Waals surface area contributed by atoms with Crippen molar-refractivity contribution < 1.29 is 24.2 Å². The summed E-state index contributed by atoms with van der Waals surface area (Å²) in [6, 6.07) is 7.05. The third-order valence-corrected chi connectivity index (χ3v) is 2.72. The Labute approximate surface area is 122 Å². The highest BCUT2D eigenvalue weighted by molar-refractivity contribution is 5.94. The number of hydrogen-bond acceptors (Lipinski definition) is 4. The molecule has 0 radical (unpaired) electrons. The number of nitrogens with one attached hydrogen (secondary N) is 1. The quantitative estimate of drug-likeness (QED) is 0.807. The fourth-order valence-corrected chi connectivity index (χ4v) is 1.60. The van der Waals surface area contributed by atoms with Crippen LogP contribution in [0.5, 0.6) is 0 Å². The second-order valence-electron chi connectivity index (χ2n) is 4.52. The molecule has 0 unspecified atom stereocenters. The van der Waals surface area contributed by atoms with E-state index in [0.29, 0.717) is 6.54 Å². The first-order valence-electron chi connectivity index (χ1n) is 6.29. The molecule has 1 aromatic carbocycles. The molecule has 114 valence electrons. The molecule has 0 aliphatic heterocycles. The Morgan fingerprint density at radius 3 is 2.52 bits per heavy atom. The van der Waals surface area contributed by atoms with Crippen LogP contribution < -0.4 is 5.32 Å². The van der Waals surface area contributed by atoms with Crippen molar-refractivity contribution in [2.75, 3.05) is 20.3 Å². The van der Waals surface area contributed by atoms with E-state index in [1.54, 1.807) is 7.05 Å². The van der Waals surface area contributed by atoms with Crippen LogP contribution in [0.1, 0.15) is 11.1 Å². The van der Waals surface area contributed by atoms with Gasteiger partial charge in [0, 0.05) is 13.6 Å². The number of nitrogens with zero attached hydrogens (tertiary/aromatic N) is 1. The minimum Gasteiger partial charge on any atom is -0.480 e. The monoisotopic (exact) mass is 294 g/mol. The van der Waals surface area contributed by atoms with Gasteiger partial charge < -0.3 is 14.7 Å². The lowest BCUT2D eigenvalue weighted by molar-refractivity contribution is -0.143. The van der Waals surface area contributed by atoms with Crippen molar-refractivity contribution in [1.82, 2.24) is 10.2 Å². The van der Waals surface area contributed by atoms with Gasteiger partial charge in [-0.1, -0.05) is 24.3 Å². The van der Waals surface area contributed by atoms with Crippen LogP contribution >= 0.6 is 0 Å². The first kappa shape index (κ1) is 16.6. The van der Waals surface area contributed by atoms with Gasteiger partial charge in [0.05, 0.1) is 0 Å². The largest absolute Gasteiger partial charge is 0.480 e. The number of imide groups is 1. The van der Waals surface area contributed by atoms with Crippen molar-refractivity contribution in [3.05, 3.63) is 35.4 Å². The topological polar surface area (TPSA) is 95.9 Å². The Kier molecular flexibility index (Phi) is 6.35. The zero-order valence-corrected chi connectivity index (χ0v) is 12.0. The average molecular weight is 294 g/mol. The fourth-order valence-electron chi connectivity index (χ4n) is 1.60. The number of carboxylic acid groups (broad SMARTS) is 1. The first-order chi connectivity index (χ1) is 9.90. The summed E-state index contributed by atoms with van der Waals surface area (Å²) in [5.74, 6) is -1.86. The predicted molar refractivity (Wildman–Crippen MR) is 74.6 cm³/mol. The second kappa shape index (κ2) is 8.01. The van der Waals surface area contributed by atoms with Gasteiger partial charge >= 0.3 is 12.0 Å². The molecule has 1 rings (SSSR count). The number of hydrogen-bond donors (Lipinski definition) is 2. The van der Waals surface area contributed by atoms with Crippen molar-refractivity contribution in [2.24, 2.45) is 0 Å². The van der Waals surface area contributed by atoms with E-state index in [-0.39, 0.29) is 0 Å². The Morgan fingerprint density at radius 2 is 1.90 bits per heavy atom. The van der Waals surface area contributed by atoms with E-state index >= 15 is 0 Å². The molecule has 0 bridgehead atoms. The number of carboxylic acids is 1. The van der Waals surface area contributed by atoms with Crippen LogP contribution in [0.4, 0.5) is 4.79 Å². The maximum Gasteiger partial charge on any atom is 0.329 e. The van der Waals surface area contributed by atoms with Crippen molar-refractivity contribution in [3.8, 4) is 0 Å². The van der Waals surface area contributed by atoms with Crippen LogP contribution in [0.25, 0.3) is 0 Å². The molecule has 0 aliphatic carbocycles. The summed E-state index contributed by atoms with van der Waals surface area (Å²) in [4.78, 5) is 34.7. The first-order valence-corrected chi connectivity index (χ1v) is 6.29. The molecule has 7 heteroatoms. The number of aliphatic carboxylic acids is 1. The summed E-state index contributed by atoms with van der Waals surface area (Å²) in [6.07, 6.45) is 0. The average Bonchev–Trinajstić information content (AvgIpc) is 2.40. The van der Waals surface area contributed by atoms with Crippen LogP contribution in [-0.2, 0) is 20.9 Å². The number of ether oxygens (including phenoxy) is 1. The van der Waals surface area contributed by atoms with E-state index in [0.717, 1.165) is 11.1 Å². The number of carbonyl (C=O) groups is 3. The van der Waals surface area contributed by atoms with Gasteiger partial charge in [-0.2, -0.15) is 0 Å².